The van der Waals surface area contributed by atoms with E-state index in [1.807, 2.05) is 31.2 Å². The number of aryl methyl sites for hydroxylation is 1. The highest BCUT2D eigenvalue weighted by Crippen LogP contribution is 2.20. The van der Waals surface area contributed by atoms with E-state index in [1.54, 1.807) is 2.90 Å². The van der Waals surface area contributed by atoms with Gasteiger partial charge in [0.25, 0.3) is 0 Å². The molecule has 2 rings (SSSR count). The molecule has 2 aromatic rings. The average Bonchev–Trinajstić information content (AvgIpc) is 2.52. The summed E-state index contributed by atoms with van der Waals surface area (Å²) in [6, 6.07) is 8.03. The maximum atomic E-state index is 3.94. The summed E-state index contributed by atoms with van der Waals surface area (Å²) in [7, 11) is 0. The summed E-state index contributed by atoms with van der Waals surface area (Å²) in [5.41, 5.74) is 2.25. The molecule has 1 aromatic heterocycles. The lowest BCUT2D eigenvalue weighted by atomic mass is 10.1. The highest BCUT2D eigenvalue weighted by Gasteiger charge is 2.07. The third kappa shape index (κ3) is 1.55. The first-order valence-corrected chi connectivity index (χ1v) is 4.76. The van der Waals surface area contributed by atoms with Crippen LogP contribution in [-0.2, 0) is 0 Å². The van der Waals surface area contributed by atoms with Crippen LogP contribution in [0.25, 0.3) is 11.4 Å². The quantitative estimate of drug-likeness (QED) is 0.751. The molecule has 0 saturated carbocycles. The minimum atomic E-state index is 0.790. The van der Waals surface area contributed by atoms with Crippen molar-refractivity contribution in [1.82, 2.24) is 18.4 Å². The van der Waals surface area contributed by atoms with Crippen LogP contribution in [0.5, 0.6) is 0 Å². The third-order valence-electron chi connectivity index (χ3n) is 1.82. The van der Waals surface area contributed by atoms with Crippen molar-refractivity contribution in [2.24, 2.45) is 0 Å². The molecule has 0 radical (unpaired) electrons. The normalized spacial score (nSPS) is 10.3. The van der Waals surface area contributed by atoms with Crippen LogP contribution in [-0.4, -0.2) is 18.4 Å². The lowest BCUT2D eigenvalue weighted by Crippen LogP contribution is -1.89. The second-order valence-electron chi connectivity index (χ2n) is 2.68. The summed E-state index contributed by atoms with van der Waals surface area (Å²) < 4.78 is 1.64. The smallest absolute Gasteiger partial charge is 0.163 e. The minimum absolute atomic E-state index is 0.790. The zero-order valence-electron chi connectivity index (χ0n) is 6.98. The van der Waals surface area contributed by atoms with E-state index in [0.717, 1.165) is 11.4 Å². The first-order chi connectivity index (χ1) is 6.29. The van der Waals surface area contributed by atoms with Gasteiger partial charge >= 0.3 is 0 Å². The van der Waals surface area contributed by atoms with Crippen LogP contribution in [0.3, 0.4) is 0 Å². The van der Waals surface area contributed by atoms with Gasteiger partial charge in [0.15, 0.2) is 5.82 Å². The van der Waals surface area contributed by atoms with Crippen LogP contribution >= 0.6 is 22.9 Å². The summed E-state index contributed by atoms with van der Waals surface area (Å²) in [4.78, 5) is 0. The second-order valence-corrected chi connectivity index (χ2v) is 3.59. The van der Waals surface area contributed by atoms with Gasteiger partial charge in [-0.2, -0.15) is 2.90 Å². The Hall–Kier alpha value is -0.980. The molecule has 5 heteroatoms. The molecule has 0 atom stereocenters. The molecule has 0 aliphatic heterocycles. The van der Waals surface area contributed by atoms with Crippen LogP contribution < -0.4 is 0 Å². The number of nitrogens with zero attached hydrogens (tertiary/aromatic N) is 4. The first-order valence-electron chi connectivity index (χ1n) is 3.79. The zero-order valence-corrected chi connectivity index (χ0v) is 9.13. The molecule has 0 fully saturated rings. The second kappa shape index (κ2) is 3.41. The molecule has 0 bridgehead atoms. The van der Waals surface area contributed by atoms with Crippen molar-refractivity contribution in [3.05, 3.63) is 29.8 Å². The Balaban J connectivity index is 2.59. The van der Waals surface area contributed by atoms with E-state index in [0.29, 0.717) is 0 Å². The van der Waals surface area contributed by atoms with Crippen LogP contribution in [0.15, 0.2) is 24.3 Å². The summed E-state index contributed by atoms with van der Waals surface area (Å²) in [6.45, 7) is 2.04. The molecule has 0 spiro atoms. The molecule has 1 aromatic carbocycles. The molecular formula is C8H7IN4. The molecular weight excluding hydrogens is 279 g/mol. The Kier molecular flexibility index (Phi) is 2.26. The Morgan fingerprint density at radius 1 is 1.31 bits per heavy atom. The van der Waals surface area contributed by atoms with Crippen molar-refractivity contribution in [3.63, 3.8) is 0 Å². The average molecular weight is 286 g/mol. The SMILES string of the molecule is Cc1ccccc1-c1nnnn1I. The first kappa shape index (κ1) is 8.61. The molecule has 0 amide bonds. The molecule has 66 valence electrons. The maximum Gasteiger partial charge on any atom is 0.192 e. The van der Waals surface area contributed by atoms with Gasteiger partial charge < -0.3 is 0 Å². The minimum Gasteiger partial charge on any atom is -0.163 e. The summed E-state index contributed by atoms with van der Waals surface area (Å²) in [5, 5.41) is 11.3. The summed E-state index contributed by atoms with van der Waals surface area (Å²) >= 11 is 2.06. The van der Waals surface area contributed by atoms with Crippen LogP contribution in [0, 0.1) is 6.92 Å². The number of aromatic nitrogens is 4. The fraction of sp³-hybridized carbons (Fsp3) is 0.125. The molecule has 0 saturated heterocycles. The molecule has 0 unspecified atom stereocenters. The van der Waals surface area contributed by atoms with E-state index in [2.05, 4.69) is 38.4 Å². The van der Waals surface area contributed by atoms with E-state index >= 15 is 0 Å². The zero-order chi connectivity index (χ0) is 9.26. The molecule has 0 N–H and O–H groups in total. The van der Waals surface area contributed by atoms with Crippen molar-refractivity contribution in [3.8, 4) is 11.4 Å². The highest BCUT2D eigenvalue weighted by atomic mass is 127. The lowest BCUT2D eigenvalue weighted by molar-refractivity contribution is 0.870. The van der Waals surface area contributed by atoms with Crippen molar-refractivity contribution in [2.45, 2.75) is 6.92 Å². The number of tetrazole rings is 1. The predicted octanol–water partition coefficient (Wildman–Crippen LogP) is 1.85. The molecule has 0 aliphatic rings. The van der Waals surface area contributed by atoms with E-state index in [9.17, 15) is 0 Å². The van der Waals surface area contributed by atoms with Crippen LogP contribution in [0.4, 0.5) is 0 Å². The Bertz CT molecular complexity index is 424. The Labute approximate surface area is 89.5 Å². The van der Waals surface area contributed by atoms with Crippen molar-refractivity contribution in [1.29, 1.82) is 0 Å². The largest absolute Gasteiger partial charge is 0.192 e. The molecule has 13 heavy (non-hydrogen) atoms. The molecule has 4 nitrogen and oxygen atoms in total. The van der Waals surface area contributed by atoms with Gasteiger partial charge in [0, 0.05) is 5.56 Å². The van der Waals surface area contributed by atoms with Gasteiger partial charge in [-0.1, -0.05) is 24.3 Å². The number of rotatable bonds is 1. The van der Waals surface area contributed by atoms with E-state index in [1.165, 1.54) is 5.56 Å². The van der Waals surface area contributed by atoms with Gasteiger partial charge in [-0.3, -0.25) is 0 Å². The fourth-order valence-corrected chi connectivity index (χ4v) is 1.60. The van der Waals surface area contributed by atoms with Gasteiger partial charge in [-0.05, 0) is 22.9 Å². The number of halogens is 1. The van der Waals surface area contributed by atoms with Gasteiger partial charge in [0.1, 0.15) is 0 Å². The topological polar surface area (TPSA) is 43.6 Å². The lowest BCUT2D eigenvalue weighted by Gasteiger charge is -2.00. The van der Waals surface area contributed by atoms with E-state index < -0.39 is 0 Å². The van der Waals surface area contributed by atoms with Crippen molar-refractivity contribution >= 4 is 22.9 Å². The number of hydrogen-bond acceptors (Lipinski definition) is 3. The Morgan fingerprint density at radius 3 is 2.69 bits per heavy atom. The fourth-order valence-electron chi connectivity index (χ4n) is 1.15. The number of benzene rings is 1. The van der Waals surface area contributed by atoms with Crippen molar-refractivity contribution in [2.75, 3.05) is 0 Å². The van der Waals surface area contributed by atoms with Crippen molar-refractivity contribution < 1.29 is 0 Å². The summed E-state index contributed by atoms with van der Waals surface area (Å²) in [6.07, 6.45) is 0. The Morgan fingerprint density at radius 2 is 2.08 bits per heavy atom. The highest BCUT2D eigenvalue weighted by molar-refractivity contribution is 14.1. The monoisotopic (exact) mass is 286 g/mol. The van der Waals surface area contributed by atoms with Gasteiger partial charge in [0.05, 0.1) is 22.9 Å². The van der Waals surface area contributed by atoms with E-state index in [-0.39, 0.29) is 0 Å². The molecule has 1 heterocycles. The maximum absolute atomic E-state index is 3.94. The van der Waals surface area contributed by atoms with E-state index in [4.69, 9.17) is 0 Å². The summed E-state index contributed by atoms with van der Waals surface area (Å²) in [5.74, 6) is 0.790. The van der Waals surface area contributed by atoms with Crippen LogP contribution in [0.2, 0.25) is 0 Å². The van der Waals surface area contributed by atoms with Crippen LogP contribution in [0.1, 0.15) is 5.56 Å². The standard InChI is InChI=1S/C8H7IN4/c1-6-4-2-3-5-7(6)8-10-11-12-13(8)9/h2-5H,1H3. The predicted molar refractivity (Wildman–Crippen MR) is 57.4 cm³/mol. The number of hydrogen-bond donors (Lipinski definition) is 0. The third-order valence-corrected chi connectivity index (χ3v) is 2.47. The van der Waals surface area contributed by atoms with Gasteiger partial charge in [-0.15, -0.1) is 5.10 Å². The van der Waals surface area contributed by atoms with Gasteiger partial charge in [0.2, 0.25) is 0 Å². The molecule has 0 aliphatic carbocycles. The van der Waals surface area contributed by atoms with Gasteiger partial charge in [-0.25, -0.2) is 0 Å².